The van der Waals surface area contributed by atoms with E-state index in [4.69, 9.17) is 0 Å². The summed E-state index contributed by atoms with van der Waals surface area (Å²) in [5.41, 5.74) is 6.66. The van der Waals surface area contributed by atoms with Gasteiger partial charge in [0.05, 0.1) is 0 Å². The van der Waals surface area contributed by atoms with Gasteiger partial charge in [0.25, 0.3) is 0 Å². The molecule has 0 N–H and O–H groups in total. The Kier molecular flexibility index (Phi) is 2.61. The van der Waals surface area contributed by atoms with E-state index in [0.717, 1.165) is 0 Å². The molecule has 0 saturated heterocycles. The van der Waals surface area contributed by atoms with Crippen LogP contribution in [-0.4, -0.2) is 14.1 Å². The van der Waals surface area contributed by atoms with E-state index in [0.29, 0.717) is 0 Å². The van der Waals surface area contributed by atoms with Crippen LogP contribution in [0.1, 0.15) is 16.7 Å². The molecule has 1 aliphatic rings. The van der Waals surface area contributed by atoms with Gasteiger partial charge in [0.15, 0.2) is 0 Å². The van der Waals surface area contributed by atoms with Crippen LogP contribution in [0.2, 0.25) is 0 Å². The summed E-state index contributed by atoms with van der Waals surface area (Å²) in [6.07, 6.45) is 2.28. The van der Waals surface area contributed by atoms with E-state index in [1.165, 1.54) is 38.7 Å². The van der Waals surface area contributed by atoms with Crippen molar-refractivity contribution in [3.8, 4) is 0 Å². The maximum atomic E-state index is 2.30. The van der Waals surface area contributed by atoms with Gasteiger partial charge in [0, 0.05) is 19.8 Å². The van der Waals surface area contributed by atoms with Crippen molar-refractivity contribution in [2.24, 2.45) is 0 Å². The standard InChI is InChI=1S/C20H17N/c1-21(2)17-9-7-14(8-10-17)11-18-19-12-15-5-3-4-6-16(15)13-20(18)19/h3-13H,1-2H3. The molecule has 3 aromatic carbocycles. The number of benzene rings is 3. The molecule has 0 radical (unpaired) electrons. The monoisotopic (exact) mass is 271 g/mol. The van der Waals surface area contributed by atoms with Gasteiger partial charge in [-0.2, -0.15) is 0 Å². The SMILES string of the molecule is CN(C)c1ccc(C=C2c3cc4ccccc4cc32)cc1. The second-order valence-electron chi connectivity index (χ2n) is 5.79. The van der Waals surface area contributed by atoms with Gasteiger partial charge in [-0.15, -0.1) is 0 Å². The molecule has 0 aliphatic heterocycles. The van der Waals surface area contributed by atoms with Crippen molar-refractivity contribution in [3.05, 3.63) is 77.4 Å². The summed E-state index contributed by atoms with van der Waals surface area (Å²) in [6.45, 7) is 0. The Hall–Kier alpha value is -2.54. The van der Waals surface area contributed by atoms with Crippen molar-refractivity contribution < 1.29 is 0 Å². The molecular formula is C20H17N. The Bertz CT molecular complexity index is 810. The molecule has 1 aliphatic carbocycles. The third kappa shape index (κ3) is 2.11. The molecule has 0 spiro atoms. The van der Waals surface area contributed by atoms with Crippen molar-refractivity contribution in [1.82, 2.24) is 0 Å². The van der Waals surface area contributed by atoms with Gasteiger partial charge >= 0.3 is 0 Å². The molecule has 1 heteroatoms. The molecule has 0 fully saturated rings. The number of rotatable bonds is 2. The van der Waals surface area contributed by atoms with Crippen LogP contribution in [0.4, 0.5) is 5.69 Å². The summed E-state index contributed by atoms with van der Waals surface area (Å²) in [5.74, 6) is 0. The highest BCUT2D eigenvalue weighted by Gasteiger charge is 2.24. The molecule has 0 saturated carbocycles. The van der Waals surface area contributed by atoms with Gasteiger partial charge in [-0.1, -0.05) is 36.4 Å². The Balaban J connectivity index is 1.69. The Morgan fingerprint density at radius 1 is 0.762 bits per heavy atom. The first-order chi connectivity index (χ1) is 10.2. The van der Waals surface area contributed by atoms with Crippen molar-refractivity contribution in [2.45, 2.75) is 0 Å². The molecule has 0 unspecified atom stereocenters. The number of hydrogen-bond acceptors (Lipinski definition) is 1. The Morgan fingerprint density at radius 2 is 1.33 bits per heavy atom. The fourth-order valence-corrected chi connectivity index (χ4v) is 2.82. The average molecular weight is 271 g/mol. The molecule has 0 heterocycles. The van der Waals surface area contributed by atoms with Gasteiger partial charge in [-0.05, 0) is 63.4 Å². The smallest absolute Gasteiger partial charge is 0.0361 e. The third-order valence-electron chi connectivity index (χ3n) is 4.12. The van der Waals surface area contributed by atoms with Crippen LogP contribution in [0.5, 0.6) is 0 Å². The van der Waals surface area contributed by atoms with Crippen molar-refractivity contribution in [3.63, 3.8) is 0 Å². The van der Waals surface area contributed by atoms with E-state index in [1.807, 2.05) is 0 Å². The van der Waals surface area contributed by atoms with Gasteiger partial charge < -0.3 is 4.90 Å². The molecule has 102 valence electrons. The molecule has 21 heavy (non-hydrogen) atoms. The van der Waals surface area contributed by atoms with E-state index < -0.39 is 0 Å². The van der Waals surface area contributed by atoms with Crippen molar-refractivity contribution in [1.29, 1.82) is 0 Å². The normalized spacial score (nSPS) is 12.2. The van der Waals surface area contributed by atoms with E-state index in [9.17, 15) is 0 Å². The first kappa shape index (κ1) is 12.2. The lowest BCUT2D eigenvalue weighted by Gasteiger charge is -2.11. The summed E-state index contributed by atoms with van der Waals surface area (Å²) in [4.78, 5) is 2.12. The maximum Gasteiger partial charge on any atom is 0.0361 e. The topological polar surface area (TPSA) is 3.24 Å². The highest BCUT2D eigenvalue weighted by atomic mass is 15.1. The van der Waals surface area contributed by atoms with Crippen LogP contribution in [-0.2, 0) is 0 Å². The summed E-state index contributed by atoms with van der Waals surface area (Å²) >= 11 is 0. The van der Waals surface area contributed by atoms with Gasteiger partial charge in [0.2, 0.25) is 0 Å². The number of anilines is 1. The zero-order chi connectivity index (χ0) is 14.4. The molecule has 0 bridgehead atoms. The van der Waals surface area contributed by atoms with Crippen molar-refractivity contribution >= 4 is 28.1 Å². The van der Waals surface area contributed by atoms with Gasteiger partial charge in [-0.25, -0.2) is 0 Å². The first-order valence-corrected chi connectivity index (χ1v) is 7.25. The van der Waals surface area contributed by atoms with Crippen LogP contribution in [0.15, 0.2) is 60.7 Å². The lowest BCUT2D eigenvalue weighted by atomic mass is 10.1. The Morgan fingerprint density at radius 3 is 1.86 bits per heavy atom. The Labute approximate surface area is 125 Å². The molecule has 0 amide bonds. The lowest BCUT2D eigenvalue weighted by molar-refractivity contribution is 1.13. The average Bonchev–Trinajstić information content (AvgIpc) is 3.17. The first-order valence-electron chi connectivity index (χ1n) is 7.25. The number of hydrogen-bond donors (Lipinski definition) is 0. The lowest BCUT2D eigenvalue weighted by Crippen LogP contribution is -2.07. The summed E-state index contributed by atoms with van der Waals surface area (Å²) in [5, 5.41) is 2.64. The number of fused-ring (bicyclic) bond motifs is 2. The maximum absolute atomic E-state index is 2.30. The molecule has 1 nitrogen and oxygen atoms in total. The highest BCUT2D eigenvalue weighted by Crippen LogP contribution is 2.45. The third-order valence-corrected chi connectivity index (χ3v) is 4.12. The second kappa shape index (κ2) is 4.49. The molecular weight excluding hydrogens is 254 g/mol. The zero-order valence-electron chi connectivity index (χ0n) is 12.3. The van der Waals surface area contributed by atoms with Crippen LogP contribution in [0, 0.1) is 0 Å². The second-order valence-corrected chi connectivity index (χ2v) is 5.79. The molecule has 3 aromatic rings. The summed E-state index contributed by atoms with van der Waals surface area (Å²) in [6, 6.07) is 21.8. The quantitative estimate of drug-likeness (QED) is 0.506. The fraction of sp³-hybridized carbons (Fsp3) is 0.100. The van der Waals surface area contributed by atoms with E-state index in [2.05, 4.69) is 85.7 Å². The zero-order valence-corrected chi connectivity index (χ0v) is 12.3. The van der Waals surface area contributed by atoms with E-state index in [1.54, 1.807) is 0 Å². The molecule has 4 rings (SSSR count). The molecule has 0 atom stereocenters. The molecule has 0 aromatic heterocycles. The summed E-state index contributed by atoms with van der Waals surface area (Å²) < 4.78 is 0. The fourth-order valence-electron chi connectivity index (χ4n) is 2.82. The van der Waals surface area contributed by atoms with Crippen LogP contribution in [0.3, 0.4) is 0 Å². The largest absolute Gasteiger partial charge is 0.378 e. The van der Waals surface area contributed by atoms with Gasteiger partial charge in [0.1, 0.15) is 0 Å². The van der Waals surface area contributed by atoms with E-state index >= 15 is 0 Å². The van der Waals surface area contributed by atoms with Crippen LogP contribution in [0.25, 0.3) is 22.4 Å². The van der Waals surface area contributed by atoms with Gasteiger partial charge in [-0.3, -0.25) is 0 Å². The minimum absolute atomic E-state index is 1.23. The highest BCUT2D eigenvalue weighted by molar-refractivity contribution is 6.11. The predicted molar refractivity (Wildman–Crippen MR) is 91.7 cm³/mol. The predicted octanol–water partition coefficient (Wildman–Crippen LogP) is 4.81. The van der Waals surface area contributed by atoms with Crippen LogP contribution >= 0.6 is 0 Å². The minimum atomic E-state index is 1.23. The van der Waals surface area contributed by atoms with E-state index in [-0.39, 0.29) is 0 Å². The van der Waals surface area contributed by atoms with Crippen LogP contribution < -0.4 is 4.90 Å². The minimum Gasteiger partial charge on any atom is -0.378 e. The van der Waals surface area contributed by atoms with Crippen molar-refractivity contribution in [2.75, 3.05) is 19.0 Å². The summed E-state index contributed by atoms with van der Waals surface area (Å²) in [7, 11) is 4.13. The number of nitrogens with zero attached hydrogens (tertiary/aromatic N) is 1.